The van der Waals surface area contributed by atoms with Crippen LogP contribution in [0.15, 0.2) is 24.3 Å². The monoisotopic (exact) mass is 364 g/mol. The van der Waals surface area contributed by atoms with E-state index in [1.54, 1.807) is 31.2 Å². The standard InChI is InChI=1S/C17H20N2O5S/c1-3-9-19-15(21)13(25-17(19)23)10-14(20)18-12-7-5-11(6-8-12)16(22)24-4-2/h5-8,13H,3-4,9-10H2,1-2H3,(H,18,20). The Hall–Kier alpha value is -2.35. The topological polar surface area (TPSA) is 92.8 Å². The number of benzene rings is 1. The molecular weight excluding hydrogens is 344 g/mol. The molecule has 1 saturated heterocycles. The first-order valence-corrected chi connectivity index (χ1v) is 8.93. The first kappa shape index (κ1) is 19.0. The lowest BCUT2D eigenvalue weighted by molar-refractivity contribution is -0.128. The van der Waals surface area contributed by atoms with Crippen molar-refractivity contribution in [1.29, 1.82) is 0 Å². The Bertz CT molecular complexity index is 674. The van der Waals surface area contributed by atoms with Gasteiger partial charge < -0.3 is 10.1 Å². The van der Waals surface area contributed by atoms with E-state index in [0.717, 1.165) is 11.8 Å². The predicted octanol–water partition coefficient (Wildman–Crippen LogP) is 2.67. The minimum absolute atomic E-state index is 0.0743. The number of carbonyl (C=O) groups is 4. The molecule has 134 valence electrons. The van der Waals surface area contributed by atoms with Gasteiger partial charge in [0.05, 0.1) is 12.2 Å². The Kier molecular flexibility index (Phi) is 6.58. The highest BCUT2D eigenvalue weighted by molar-refractivity contribution is 8.15. The Morgan fingerprint density at radius 2 is 1.88 bits per heavy atom. The normalized spacial score (nSPS) is 16.9. The summed E-state index contributed by atoms with van der Waals surface area (Å²) in [5, 5.41) is 1.68. The molecular formula is C17H20N2O5S. The molecule has 0 aliphatic carbocycles. The van der Waals surface area contributed by atoms with Gasteiger partial charge in [0.1, 0.15) is 5.25 Å². The van der Waals surface area contributed by atoms with Crippen molar-refractivity contribution in [2.24, 2.45) is 0 Å². The minimum atomic E-state index is -0.683. The van der Waals surface area contributed by atoms with Gasteiger partial charge >= 0.3 is 5.97 Å². The van der Waals surface area contributed by atoms with Crippen LogP contribution in [0.2, 0.25) is 0 Å². The molecule has 1 aliphatic heterocycles. The van der Waals surface area contributed by atoms with Gasteiger partial charge in [0.25, 0.3) is 5.24 Å². The van der Waals surface area contributed by atoms with E-state index in [2.05, 4.69) is 5.32 Å². The Morgan fingerprint density at radius 3 is 2.48 bits per heavy atom. The van der Waals surface area contributed by atoms with Crippen molar-refractivity contribution in [1.82, 2.24) is 4.90 Å². The number of nitrogens with one attached hydrogen (secondary N) is 1. The molecule has 0 bridgehead atoms. The van der Waals surface area contributed by atoms with Gasteiger partial charge in [-0.25, -0.2) is 4.79 Å². The van der Waals surface area contributed by atoms with Gasteiger partial charge in [-0.3, -0.25) is 19.3 Å². The average molecular weight is 364 g/mol. The number of esters is 1. The second-order valence-corrected chi connectivity index (χ2v) is 6.57. The number of nitrogens with zero attached hydrogens (tertiary/aromatic N) is 1. The highest BCUT2D eigenvalue weighted by Crippen LogP contribution is 2.29. The number of anilines is 1. The van der Waals surface area contributed by atoms with Crippen molar-refractivity contribution in [2.75, 3.05) is 18.5 Å². The third kappa shape index (κ3) is 4.82. The molecule has 0 aromatic heterocycles. The van der Waals surface area contributed by atoms with Gasteiger partial charge in [0.2, 0.25) is 11.8 Å². The van der Waals surface area contributed by atoms with E-state index in [1.807, 2.05) is 6.92 Å². The van der Waals surface area contributed by atoms with Crippen molar-refractivity contribution in [2.45, 2.75) is 31.9 Å². The van der Waals surface area contributed by atoms with Gasteiger partial charge in [-0.2, -0.15) is 0 Å². The number of rotatable bonds is 7. The smallest absolute Gasteiger partial charge is 0.338 e. The van der Waals surface area contributed by atoms with Crippen LogP contribution in [0.3, 0.4) is 0 Å². The fourth-order valence-corrected chi connectivity index (χ4v) is 3.35. The number of thioether (sulfide) groups is 1. The van der Waals surface area contributed by atoms with Crippen molar-refractivity contribution < 1.29 is 23.9 Å². The zero-order valence-electron chi connectivity index (χ0n) is 14.1. The van der Waals surface area contributed by atoms with Gasteiger partial charge in [0, 0.05) is 18.7 Å². The maximum atomic E-state index is 12.1. The molecule has 1 aliphatic rings. The summed E-state index contributed by atoms with van der Waals surface area (Å²) in [5.41, 5.74) is 0.896. The molecule has 1 heterocycles. The molecule has 1 N–H and O–H groups in total. The number of carbonyl (C=O) groups excluding carboxylic acids is 4. The van der Waals surface area contributed by atoms with Gasteiger partial charge in [0.15, 0.2) is 0 Å². The van der Waals surface area contributed by atoms with E-state index >= 15 is 0 Å². The summed E-state index contributed by atoms with van der Waals surface area (Å²) in [4.78, 5) is 48.8. The first-order valence-electron chi connectivity index (χ1n) is 8.05. The van der Waals surface area contributed by atoms with Crippen LogP contribution in [-0.4, -0.2) is 46.3 Å². The van der Waals surface area contributed by atoms with Crippen LogP contribution in [0.1, 0.15) is 37.0 Å². The molecule has 0 radical (unpaired) electrons. The third-order valence-electron chi connectivity index (χ3n) is 3.50. The van der Waals surface area contributed by atoms with E-state index in [9.17, 15) is 19.2 Å². The Morgan fingerprint density at radius 1 is 1.20 bits per heavy atom. The quantitative estimate of drug-likeness (QED) is 0.748. The third-order valence-corrected chi connectivity index (χ3v) is 4.58. The lowest BCUT2D eigenvalue weighted by Gasteiger charge is -2.12. The number of amides is 3. The fraction of sp³-hybridized carbons (Fsp3) is 0.412. The summed E-state index contributed by atoms with van der Waals surface area (Å²) in [6.45, 7) is 4.27. The van der Waals surface area contributed by atoms with Gasteiger partial charge in [-0.15, -0.1) is 0 Å². The largest absolute Gasteiger partial charge is 0.462 e. The van der Waals surface area contributed by atoms with Gasteiger partial charge in [-0.1, -0.05) is 18.7 Å². The van der Waals surface area contributed by atoms with Crippen molar-refractivity contribution in [3.05, 3.63) is 29.8 Å². The summed E-state index contributed by atoms with van der Waals surface area (Å²) in [5.74, 6) is -1.10. The van der Waals surface area contributed by atoms with Crippen LogP contribution in [-0.2, 0) is 14.3 Å². The molecule has 8 heteroatoms. The maximum Gasteiger partial charge on any atom is 0.338 e. The number of ether oxygens (including phenoxy) is 1. The maximum absolute atomic E-state index is 12.1. The van der Waals surface area contributed by atoms with Crippen molar-refractivity contribution in [3.63, 3.8) is 0 Å². The van der Waals surface area contributed by atoms with Crippen molar-refractivity contribution in [3.8, 4) is 0 Å². The highest BCUT2D eigenvalue weighted by Gasteiger charge is 2.39. The molecule has 0 saturated carbocycles. The zero-order valence-corrected chi connectivity index (χ0v) is 14.9. The lowest BCUT2D eigenvalue weighted by atomic mass is 10.2. The second-order valence-electron chi connectivity index (χ2n) is 5.41. The average Bonchev–Trinajstić information content (AvgIpc) is 2.83. The van der Waals surface area contributed by atoms with Crippen LogP contribution in [0, 0.1) is 0 Å². The Labute approximate surface area is 150 Å². The van der Waals surface area contributed by atoms with Crippen molar-refractivity contribution >= 4 is 40.5 Å². The number of imide groups is 1. The molecule has 7 nitrogen and oxygen atoms in total. The fourth-order valence-electron chi connectivity index (χ4n) is 2.34. The second kappa shape index (κ2) is 8.66. The van der Waals surface area contributed by atoms with Gasteiger partial charge in [-0.05, 0) is 37.6 Å². The van der Waals surface area contributed by atoms with E-state index in [-0.39, 0.29) is 30.1 Å². The van der Waals surface area contributed by atoms with Crippen LogP contribution < -0.4 is 5.32 Å². The number of hydrogen-bond acceptors (Lipinski definition) is 6. The molecule has 2 rings (SSSR count). The molecule has 1 unspecified atom stereocenters. The number of hydrogen-bond donors (Lipinski definition) is 1. The zero-order chi connectivity index (χ0) is 18.4. The molecule has 3 amide bonds. The first-order chi connectivity index (χ1) is 12.0. The summed E-state index contributed by atoms with van der Waals surface area (Å²) in [6.07, 6.45) is 0.610. The summed E-state index contributed by atoms with van der Waals surface area (Å²) in [7, 11) is 0. The van der Waals surface area contributed by atoms with Crippen LogP contribution in [0.5, 0.6) is 0 Å². The summed E-state index contributed by atoms with van der Waals surface area (Å²) in [6, 6.07) is 6.27. The summed E-state index contributed by atoms with van der Waals surface area (Å²) < 4.78 is 4.89. The van der Waals surface area contributed by atoms with Crippen LogP contribution in [0.25, 0.3) is 0 Å². The molecule has 1 aromatic rings. The van der Waals surface area contributed by atoms with E-state index in [0.29, 0.717) is 24.2 Å². The van der Waals surface area contributed by atoms with E-state index in [1.165, 1.54) is 4.90 Å². The molecule has 25 heavy (non-hydrogen) atoms. The lowest BCUT2D eigenvalue weighted by Crippen LogP contribution is -2.33. The minimum Gasteiger partial charge on any atom is -0.462 e. The predicted molar refractivity (Wildman–Crippen MR) is 94.4 cm³/mol. The molecule has 0 spiro atoms. The highest BCUT2D eigenvalue weighted by atomic mass is 32.2. The van der Waals surface area contributed by atoms with E-state index < -0.39 is 11.2 Å². The summed E-state index contributed by atoms with van der Waals surface area (Å²) >= 11 is 0.888. The van der Waals surface area contributed by atoms with Crippen LogP contribution in [0.4, 0.5) is 10.5 Å². The molecule has 1 aromatic carbocycles. The Balaban J connectivity index is 1.91. The SMILES string of the molecule is CCCN1C(=O)SC(CC(=O)Nc2ccc(C(=O)OCC)cc2)C1=O. The molecule has 1 fully saturated rings. The van der Waals surface area contributed by atoms with E-state index in [4.69, 9.17) is 4.74 Å². The molecule has 1 atom stereocenters. The van der Waals surface area contributed by atoms with Crippen LogP contribution >= 0.6 is 11.8 Å².